The number of hydrogen-bond acceptors (Lipinski definition) is 1. The van der Waals surface area contributed by atoms with Crippen molar-refractivity contribution >= 4 is 0 Å². The van der Waals surface area contributed by atoms with Crippen molar-refractivity contribution < 1.29 is 21.5 Å². The lowest BCUT2D eigenvalue weighted by Crippen LogP contribution is -3.00. The highest BCUT2D eigenvalue weighted by Crippen LogP contribution is 2.11. The first-order chi connectivity index (χ1) is 11.8. The quantitative estimate of drug-likeness (QED) is 0.236. The van der Waals surface area contributed by atoms with Gasteiger partial charge in [-0.15, -0.1) is 0 Å². The average Bonchev–Trinajstić information content (AvgIpc) is 2.51. The molecule has 0 N–H and O–H groups in total. The van der Waals surface area contributed by atoms with Gasteiger partial charge >= 0.3 is 0 Å². The van der Waals surface area contributed by atoms with E-state index in [0.29, 0.717) is 0 Å². The molecule has 0 heterocycles. The number of unbranched alkanes of at least 4 members (excludes halogenated alkanes) is 10. The lowest BCUT2D eigenvalue weighted by Gasteiger charge is -2.26. The predicted octanol–water partition coefficient (Wildman–Crippen LogP) is 3.36. The van der Waals surface area contributed by atoms with E-state index in [0.717, 1.165) is 10.4 Å². The van der Waals surface area contributed by atoms with Gasteiger partial charge in [0.2, 0.25) is 0 Å². The zero-order valence-electron chi connectivity index (χ0n) is 19.2. The standard InChI is InChI=1S/C23H51N2.BrH/c1-7-8-9-10-11-12-13-14-15-16-19-24(22-23(2)3)20-17-18-21-25(4,5)6;/h23H,7-22H2,1-6H3;1H/q+1;/p-1. The van der Waals surface area contributed by atoms with Crippen LogP contribution in [0.5, 0.6) is 0 Å². The maximum Gasteiger partial charge on any atom is 0.0780 e. The minimum atomic E-state index is 0. The zero-order valence-corrected chi connectivity index (χ0v) is 20.7. The van der Waals surface area contributed by atoms with Gasteiger partial charge in [-0.3, -0.25) is 0 Å². The average molecular weight is 436 g/mol. The summed E-state index contributed by atoms with van der Waals surface area (Å²) in [5.74, 6) is 0.793. The van der Waals surface area contributed by atoms with Crippen molar-refractivity contribution in [2.45, 2.75) is 97.8 Å². The van der Waals surface area contributed by atoms with Crippen LogP contribution >= 0.6 is 0 Å². The highest BCUT2D eigenvalue weighted by atomic mass is 79.9. The minimum Gasteiger partial charge on any atom is -1.00 e. The Kier molecular flexibility index (Phi) is 20.6. The summed E-state index contributed by atoms with van der Waals surface area (Å²) in [6.45, 7) is 12.2. The fourth-order valence-electron chi connectivity index (χ4n) is 3.56. The summed E-state index contributed by atoms with van der Waals surface area (Å²) in [6, 6.07) is 0. The molecule has 0 saturated heterocycles. The Hall–Kier alpha value is 0.400. The van der Waals surface area contributed by atoms with Crippen LogP contribution in [0.3, 0.4) is 0 Å². The lowest BCUT2D eigenvalue weighted by molar-refractivity contribution is -0.870. The van der Waals surface area contributed by atoms with Gasteiger partial charge in [-0.2, -0.15) is 0 Å². The molecule has 3 heteroatoms. The summed E-state index contributed by atoms with van der Waals surface area (Å²) < 4.78 is 1.10. The molecule has 2 nitrogen and oxygen atoms in total. The largest absolute Gasteiger partial charge is 1.00 e. The molecule has 0 aromatic rings. The molecular weight excluding hydrogens is 384 g/mol. The Morgan fingerprint density at radius 2 is 1.08 bits per heavy atom. The third-order valence-electron chi connectivity index (χ3n) is 5.00. The van der Waals surface area contributed by atoms with Crippen LogP contribution in [0.1, 0.15) is 97.8 Å². The summed E-state index contributed by atoms with van der Waals surface area (Å²) in [7, 11) is 6.90. The maximum atomic E-state index is 2.73. The van der Waals surface area contributed by atoms with E-state index in [-0.39, 0.29) is 17.0 Å². The molecule has 0 bridgehead atoms. The zero-order chi connectivity index (χ0) is 19.0. The van der Waals surface area contributed by atoms with E-state index in [1.807, 2.05) is 0 Å². The van der Waals surface area contributed by atoms with Crippen LogP contribution < -0.4 is 17.0 Å². The molecular formula is C23H51BrN2. The summed E-state index contributed by atoms with van der Waals surface area (Å²) in [5.41, 5.74) is 0. The van der Waals surface area contributed by atoms with Crippen LogP contribution in [0.15, 0.2) is 0 Å². The second-order valence-electron chi connectivity index (χ2n) is 9.60. The fraction of sp³-hybridized carbons (Fsp3) is 1.00. The minimum absolute atomic E-state index is 0. The van der Waals surface area contributed by atoms with Gasteiger partial charge in [0.05, 0.1) is 27.7 Å². The van der Waals surface area contributed by atoms with E-state index in [1.165, 1.54) is 103 Å². The Morgan fingerprint density at radius 3 is 1.50 bits per heavy atom. The van der Waals surface area contributed by atoms with Gasteiger partial charge in [0.1, 0.15) is 0 Å². The fourth-order valence-corrected chi connectivity index (χ4v) is 3.56. The molecule has 0 aliphatic carbocycles. The van der Waals surface area contributed by atoms with Crippen LogP contribution in [0, 0.1) is 5.92 Å². The van der Waals surface area contributed by atoms with Crippen LogP contribution in [0.4, 0.5) is 0 Å². The molecule has 0 aliphatic rings. The number of nitrogens with zero attached hydrogens (tertiary/aromatic N) is 2. The third kappa shape index (κ3) is 22.4. The van der Waals surface area contributed by atoms with Crippen LogP contribution in [0.2, 0.25) is 0 Å². The van der Waals surface area contributed by atoms with Crippen molar-refractivity contribution in [1.82, 2.24) is 4.90 Å². The van der Waals surface area contributed by atoms with Crippen molar-refractivity contribution in [3.8, 4) is 0 Å². The van der Waals surface area contributed by atoms with Gasteiger partial charge in [0, 0.05) is 6.54 Å². The molecule has 0 fully saturated rings. The normalized spacial score (nSPS) is 12.0. The smallest absolute Gasteiger partial charge is 0.0780 e. The Bertz CT molecular complexity index is 274. The molecule has 0 spiro atoms. The molecule has 0 atom stereocenters. The number of quaternary nitrogens is 1. The molecule has 0 radical (unpaired) electrons. The first kappa shape index (κ1) is 28.6. The highest BCUT2D eigenvalue weighted by Gasteiger charge is 2.09. The summed E-state index contributed by atoms with van der Waals surface area (Å²) >= 11 is 0. The maximum absolute atomic E-state index is 2.73. The molecule has 0 saturated carbocycles. The molecule has 0 aromatic heterocycles. The molecule has 26 heavy (non-hydrogen) atoms. The third-order valence-corrected chi connectivity index (χ3v) is 5.00. The molecule has 0 aliphatic heterocycles. The number of halogens is 1. The van der Waals surface area contributed by atoms with Crippen LogP contribution in [-0.2, 0) is 0 Å². The van der Waals surface area contributed by atoms with Crippen molar-refractivity contribution in [3.05, 3.63) is 0 Å². The second-order valence-corrected chi connectivity index (χ2v) is 9.60. The van der Waals surface area contributed by atoms with E-state index < -0.39 is 0 Å². The van der Waals surface area contributed by atoms with Crippen molar-refractivity contribution in [2.24, 2.45) is 5.92 Å². The molecule has 0 rings (SSSR count). The Labute approximate surface area is 177 Å². The summed E-state index contributed by atoms with van der Waals surface area (Å²) in [4.78, 5) is 2.73. The molecule has 0 unspecified atom stereocenters. The van der Waals surface area contributed by atoms with Crippen molar-refractivity contribution in [2.75, 3.05) is 47.3 Å². The van der Waals surface area contributed by atoms with Crippen molar-refractivity contribution in [3.63, 3.8) is 0 Å². The first-order valence-electron chi connectivity index (χ1n) is 11.4. The van der Waals surface area contributed by atoms with E-state index >= 15 is 0 Å². The van der Waals surface area contributed by atoms with E-state index in [9.17, 15) is 0 Å². The topological polar surface area (TPSA) is 3.24 Å². The highest BCUT2D eigenvalue weighted by molar-refractivity contribution is 4.61. The Morgan fingerprint density at radius 1 is 0.654 bits per heavy atom. The Balaban J connectivity index is 0. The van der Waals surface area contributed by atoms with E-state index in [1.54, 1.807) is 0 Å². The lowest BCUT2D eigenvalue weighted by atomic mass is 10.1. The van der Waals surface area contributed by atoms with E-state index in [2.05, 4.69) is 46.8 Å². The summed E-state index contributed by atoms with van der Waals surface area (Å²) in [5, 5.41) is 0. The number of hydrogen-bond donors (Lipinski definition) is 0. The van der Waals surface area contributed by atoms with Gasteiger partial charge in [-0.25, -0.2) is 0 Å². The molecule has 0 amide bonds. The predicted molar refractivity (Wildman–Crippen MR) is 115 cm³/mol. The second kappa shape index (κ2) is 18.7. The van der Waals surface area contributed by atoms with Crippen LogP contribution in [-0.4, -0.2) is 56.7 Å². The monoisotopic (exact) mass is 434 g/mol. The van der Waals surface area contributed by atoms with Crippen LogP contribution in [0.25, 0.3) is 0 Å². The van der Waals surface area contributed by atoms with Gasteiger partial charge in [0.15, 0.2) is 0 Å². The van der Waals surface area contributed by atoms with Crippen molar-refractivity contribution in [1.29, 1.82) is 0 Å². The van der Waals surface area contributed by atoms with Gasteiger partial charge in [-0.1, -0.05) is 78.6 Å². The van der Waals surface area contributed by atoms with Gasteiger partial charge < -0.3 is 26.4 Å². The number of rotatable bonds is 18. The first-order valence-corrected chi connectivity index (χ1v) is 11.4. The SMILES string of the molecule is CCCCCCCCCCCCN(CCCC[N+](C)(C)C)CC(C)C.[Br-]. The molecule has 0 aromatic carbocycles. The summed E-state index contributed by atoms with van der Waals surface area (Å²) in [6.07, 6.45) is 17.1. The van der Waals surface area contributed by atoms with Gasteiger partial charge in [0.25, 0.3) is 0 Å². The van der Waals surface area contributed by atoms with Gasteiger partial charge in [-0.05, 0) is 38.3 Å². The molecule has 160 valence electrons. The van der Waals surface area contributed by atoms with E-state index in [4.69, 9.17) is 0 Å².